The molecule has 6 nitrogen and oxygen atoms in total. The first kappa shape index (κ1) is 15.4. The molecule has 0 saturated heterocycles. The van der Waals surface area contributed by atoms with Crippen LogP contribution < -0.4 is 5.73 Å². The van der Waals surface area contributed by atoms with Gasteiger partial charge in [0, 0.05) is 22.2 Å². The van der Waals surface area contributed by atoms with Crippen molar-refractivity contribution in [3.05, 3.63) is 35.0 Å². The van der Waals surface area contributed by atoms with Crippen molar-refractivity contribution < 1.29 is 14.7 Å². The van der Waals surface area contributed by atoms with Crippen LogP contribution in [-0.4, -0.2) is 28.6 Å². The van der Waals surface area contributed by atoms with E-state index >= 15 is 0 Å². The number of amidine groups is 1. The average Bonchev–Trinajstić information content (AvgIpc) is 3.10. The number of hydrogen-bond donors (Lipinski definition) is 3. The van der Waals surface area contributed by atoms with Crippen molar-refractivity contribution in [2.24, 2.45) is 10.9 Å². The Morgan fingerprint density at radius 1 is 1.48 bits per heavy atom. The number of carbonyl (C=O) groups excluding carboxylic acids is 1. The van der Waals surface area contributed by atoms with Gasteiger partial charge in [-0.15, -0.1) is 0 Å². The van der Waals surface area contributed by atoms with Crippen molar-refractivity contribution in [1.29, 1.82) is 0 Å². The Kier molecular flexibility index (Phi) is 3.98. The van der Waals surface area contributed by atoms with E-state index < -0.39 is 0 Å². The van der Waals surface area contributed by atoms with Crippen LogP contribution in [0.4, 0.5) is 0 Å². The number of rotatable bonds is 4. The lowest BCUT2D eigenvalue weighted by Gasteiger charge is -2.11. The molecule has 1 aromatic heterocycles. The predicted molar refractivity (Wildman–Crippen MR) is 87.8 cm³/mol. The Balaban J connectivity index is 2.13. The number of hydrogen-bond acceptors (Lipinski definition) is 4. The molecule has 122 valence electrons. The molecule has 0 amide bonds. The number of esters is 1. The molecular weight excluding hydrogens is 294 g/mol. The number of H-pyrrole nitrogens is 1. The summed E-state index contributed by atoms with van der Waals surface area (Å²) >= 11 is 0. The van der Waals surface area contributed by atoms with Gasteiger partial charge in [-0.05, 0) is 49.4 Å². The van der Waals surface area contributed by atoms with Crippen LogP contribution in [0.3, 0.4) is 0 Å². The summed E-state index contributed by atoms with van der Waals surface area (Å²) < 4.78 is 5.22. The van der Waals surface area contributed by atoms with Gasteiger partial charge in [0.25, 0.3) is 0 Å². The van der Waals surface area contributed by atoms with Gasteiger partial charge in [0.15, 0.2) is 5.84 Å². The van der Waals surface area contributed by atoms with E-state index in [0.717, 1.165) is 35.0 Å². The zero-order valence-electron chi connectivity index (χ0n) is 13.3. The van der Waals surface area contributed by atoms with Gasteiger partial charge in [-0.25, -0.2) is 0 Å². The lowest BCUT2D eigenvalue weighted by molar-refractivity contribution is -0.145. The molecule has 1 heterocycles. The van der Waals surface area contributed by atoms with Crippen LogP contribution in [0.25, 0.3) is 10.9 Å². The van der Waals surface area contributed by atoms with Gasteiger partial charge in [0.05, 0.1) is 12.5 Å². The van der Waals surface area contributed by atoms with Crippen molar-refractivity contribution >= 4 is 22.7 Å². The van der Waals surface area contributed by atoms with E-state index in [9.17, 15) is 4.79 Å². The van der Waals surface area contributed by atoms with Crippen LogP contribution in [-0.2, 0) is 9.53 Å². The Morgan fingerprint density at radius 3 is 2.91 bits per heavy atom. The maximum Gasteiger partial charge on any atom is 0.314 e. The highest BCUT2D eigenvalue weighted by atomic mass is 16.5. The number of nitrogens with two attached hydrogens (primary N) is 1. The summed E-state index contributed by atoms with van der Waals surface area (Å²) in [6.07, 6.45) is 1.71. The minimum atomic E-state index is -0.241. The third-order valence-electron chi connectivity index (χ3n) is 4.61. The number of nitrogens with one attached hydrogen (secondary N) is 1. The molecule has 0 fully saturated rings. The normalized spacial score (nSPS) is 20.7. The van der Waals surface area contributed by atoms with Crippen LogP contribution in [0.5, 0.6) is 0 Å². The Hall–Kier alpha value is -2.50. The van der Waals surface area contributed by atoms with Gasteiger partial charge in [-0.2, -0.15) is 0 Å². The van der Waals surface area contributed by atoms with Gasteiger partial charge in [0.1, 0.15) is 0 Å². The smallest absolute Gasteiger partial charge is 0.314 e. The van der Waals surface area contributed by atoms with E-state index in [2.05, 4.69) is 17.1 Å². The van der Waals surface area contributed by atoms with Gasteiger partial charge in [0.2, 0.25) is 0 Å². The SMILES string of the molecule is CCOC(=O)C1CC(CC)c2c1[nH]c1ccc(C(N)=NO)cc21. The predicted octanol–water partition coefficient (Wildman–Crippen LogP) is 2.81. The molecular formula is C17H21N3O3. The average molecular weight is 315 g/mol. The molecule has 23 heavy (non-hydrogen) atoms. The molecule has 4 N–H and O–H groups in total. The summed E-state index contributed by atoms with van der Waals surface area (Å²) in [6.45, 7) is 4.32. The lowest BCUT2D eigenvalue weighted by Crippen LogP contribution is -2.14. The van der Waals surface area contributed by atoms with E-state index in [-0.39, 0.29) is 17.7 Å². The number of benzene rings is 1. The lowest BCUT2D eigenvalue weighted by atomic mass is 9.96. The quantitative estimate of drug-likeness (QED) is 0.265. The second-order valence-corrected chi connectivity index (χ2v) is 5.84. The second-order valence-electron chi connectivity index (χ2n) is 5.84. The molecule has 2 unspecified atom stereocenters. The Bertz CT molecular complexity index is 779. The Morgan fingerprint density at radius 2 is 2.26 bits per heavy atom. The maximum absolute atomic E-state index is 12.3. The van der Waals surface area contributed by atoms with Crippen molar-refractivity contribution in [1.82, 2.24) is 4.98 Å². The van der Waals surface area contributed by atoms with Crippen LogP contribution in [0, 0.1) is 0 Å². The molecule has 0 aliphatic heterocycles. The van der Waals surface area contributed by atoms with Crippen LogP contribution in [0.1, 0.15) is 55.3 Å². The maximum atomic E-state index is 12.3. The summed E-state index contributed by atoms with van der Waals surface area (Å²) in [6, 6.07) is 5.61. The molecule has 6 heteroatoms. The molecule has 0 bridgehead atoms. The highest BCUT2D eigenvalue weighted by Gasteiger charge is 2.38. The number of aromatic nitrogens is 1. The summed E-state index contributed by atoms with van der Waals surface area (Å²) in [5.41, 5.74) is 9.42. The van der Waals surface area contributed by atoms with E-state index in [1.807, 2.05) is 19.1 Å². The van der Waals surface area contributed by atoms with Crippen LogP contribution in [0.2, 0.25) is 0 Å². The second kappa shape index (κ2) is 5.95. The van der Waals surface area contributed by atoms with Crippen molar-refractivity contribution in [2.75, 3.05) is 6.61 Å². The fraction of sp³-hybridized carbons (Fsp3) is 0.412. The zero-order valence-corrected chi connectivity index (χ0v) is 13.3. The van der Waals surface area contributed by atoms with E-state index in [1.165, 1.54) is 0 Å². The molecule has 2 atom stereocenters. The number of oxime groups is 1. The van der Waals surface area contributed by atoms with E-state index in [0.29, 0.717) is 18.1 Å². The van der Waals surface area contributed by atoms with Crippen molar-refractivity contribution in [3.8, 4) is 0 Å². The fourth-order valence-corrected chi connectivity index (χ4v) is 3.51. The topological polar surface area (TPSA) is 101 Å². The fourth-order valence-electron chi connectivity index (χ4n) is 3.51. The van der Waals surface area contributed by atoms with Gasteiger partial charge in [-0.1, -0.05) is 12.1 Å². The molecule has 1 aliphatic carbocycles. The molecule has 0 saturated carbocycles. The highest BCUT2D eigenvalue weighted by Crippen LogP contribution is 2.47. The van der Waals surface area contributed by atoms with E-state index in [4.69, 9.17) is 15.7 Å². The first-order valence-electron chi connectivity index (χ1n) is 7.90. The van der Waals surface area contributed by atoms with E-state index in [1.54, 1.807) is 6.07 Å². The molecule has 1 aliphatic rings. The highest BCUT2D eigenvalue weighted by molar-refractivity contribution is 6.01. The molecule has 1 aromatic carbocycles. The summed E-state index contributed by atoms with van der Waals surface area (Å²) in [5.74, 6) is -0.0342. The Labute approximate surface area is 134 Å². The minimum absolute atomic E-state index is 0.0786. The minimum Gasteiger partial charge on any atom is -0.465 e. The van der Waals surface area contributed by atoms with Gasteiger partial charge in [-0.3, -0.25) is 4.79 Å². The summed E-state index contributed by atoms with van der Waals surface area (Å²) in [7, 11) is 0. The third-order valence-corrected chi connectivity index (χ3v) is 4.61. The summed E-state index contributed by atoms with van der Waals surface area (Å²) in [5, 5.41) is 13.0. The third kappa shape index (κ3) is 2.44. The number of carbonyl (C=O) groups is 1. The van der Waals surface area contributed by atoms with Crippen molar-refractivity contribution in [3.63, 3.8) is 0 Å². The first-order valence-corrected chi connectivity index (χ1v) is 7.90. The molecule has 3 rings (SSSR count). The van der Waals surface area contributed by atoms with Crippen LogP contribution >= 0.6 is 0 Å². The largest absolute Gasteiger partial charge is 0.465 e. The molecule has 0 spiro atoms. The van der Waals surface area contributed by atoms with Gasteiger partial charge < -0.3 is 20.7 Å². The summed E-state index contributed by atoms with van der Waals surface area (Å²) in [4.78, 5) is 15.6. The number of aromatic amines is 1. The van der Waals surface area contributed by atoms with Crippen LogP contribution in [0.15, 0.2) is 23.4 Å². The standard InChI is InChI=1S/C17H21N3O3/c1-3-9-7-12(17(21)23-4-2)15-14(9)11-8-10(16(18)20-22)5-6-13(11)19-15/h5-6,8-9,12,19,22H,3-4,7H2,1-2H3,(H2,18,20). The zero-order chi connectivity index (χ0) is 16.6. The monoisotopic (exact) mass is 315 g/mol. The van der Waals surface area contributed by atoms with Crippen molar-refractivity contribution in [2.45, 2.75) is 38.5 Å². The number of ether oxygens (including phenoxy) is 1. The number of fused-ring (bicyclic) bond motifs is 3. The first-order chi connectivity index (χ1) is 11.1. The number of nitrogens with zero attached hydrogens (tertiary/aromatic N) is 1. The van der Waals surface area contributed by atoms with Gasteiger partial charge >= 0.3 is 5.97 Å². The molecule has 0 radical (unpaired) electrons. The molecule has 2 aromatic rings.